The van der Waals surface area contributed by atoms with E-state index in [2.05, 4.69) is 67.4 Å². The molecule has 4 rings (SSSR count). The quantitative estimate of drug-likeness (QED) is 0.266. The fourth-order valence-corrected chi connectivity index (χ4v) is 3.96. The lowest BCUT2D eigenvalue weighted by Crippen LogP contribution is -2.25. The Kier molecular flexibility index (Phi) is 7.84. The third-order valence-electron chi connectivity index (χ3n) is 5.48. The summed E-state index contributed by atoms with van der Waals surface area (Å²) >= 11 is 3.57. The van der Waals surface area contributed by atoms with Crippen molar-refractivity contribution in [2.75, 3.05) is 31.0 Å². The van der Waals surface area contributed by atoms with E-state index in [1.165, 1.54) is 0 Å². The second-order valence-corrected chi connectivity index (χ2v) is 8.72. The third-order valence-corrected chi connectivity index (χ3v) is 6.02. The van der Waals surface area contributed by atoms with Crippen molar-refractivity contribution < 1.29 is 9.47 Å². The Morgan fingerprint density at radius 2 is 1.53 bits per heavy atom. The number of fused-ring (bicyclic) bond motifs is 1. The number of hydrogen-bond acceptors (Lipinski definition) is 7. The highest BCUT2D eigenvalue weighted by molar-refractivity contribution is 9.10. The summed E-state index contributed by atoms with van der Waals surface area (Å²) in [6, 6.07) is 16.2. The van der Waals surface area contributed by atoms with E-state index in [4.69, 9.17) is 14.5 Å². The minimum Gasteiger partial charge on any atom is -0.497 e. The van der Waals surface area contributed by atoms with Crippen molar-refractivity contribution in [3.05, 3.63) is 70.5 Å². The fourth-order valence-electron chi connectivity index (χ4n) is 3.61. The summed E-state index contributed by atoms with van der Waals surface area (Å²) in [6.07, 6.45) is 3.89. The molecule has 0 unspecified atom stereocenters. The van der Waals surface area contributed by atoms with Crippen LogP contribution in [0.15, 0.2) is 59.3 Å². The van der Waals surface area contributed by atoms with Gasteiger partial charge in [-0.25, -0.2) is 4.98 Å². The standard InChI is InChI=1S/C25H29BrN6O2/c1-4-5-14-27-25-29-24(23-28-15-22(26)32(23)30-25)31(16-18-6-10-20(33-2)11-7-18)17-19-8-12-21(34-3)13-9-19/h6-13,15H,4-5,14,16-17H2,1-3H3,(H,27,30). The maximum Gasteiger partial charge on any atom is 0.243 e. The van der Waals surface area contributed by atoms with Crippen LogP contribution >= 0.6 is 15.9 Å². The van der Waals surface area contributed by atoms with Gasteiger partial charge in [-0.2, -0.15) is 9.50 Å². The number of anilines is 2. The lowest BCUT2D eigenvalue weighted by Gasteiger charge is -2.25. The normalized spacial score (nSPS) is 10.9. The molecule has 0 aliphatic carbocycles. The highest BCUT2D eigenvalue weighted by Gasteiger charge is 2.19. The summed E-state index contributed by atoms with van der Waals surface area (Å²) < 4.78 is 13.2. The number of ether oxygens (including phenoxy) is 2. The molecule has 4 aromatic rings. The summed E-state index contributed by atoms with van der Waals surface area (Å²) in [4.78, 5) is 11.7. The highest BCUT2D eigenvalue weighted by Crippen LogP contribution is 2.27. The largest absolute Gasteiger partial charge is 0.497 e. The predicted octanol–water partition coefficient (Wildman–Crippen LogP) is 5.32. The molecule has 0 amide bonds. The Morgan fingerprint density at radius 3 is 2.06 bits per heavy atom. The van der Waals surface area contributed by atoms with Crippen LogP contribution in [0.2, 0.25) is 0 Å². The van der Waals surface area contributed by atoms with Crippen LogP contribution in [0.5, 0.6) is 11.5 Å². The molecular formula is C25H29BrN6O2. The zero-order chi connectivity index (χ0) is 23.9. The summed E-state index contributed by atoms with van der Waals surface area (Å²) in [7, 11) is 3.34. The molecule has 0 fully saturated rings. The number of nitrogens with one attached hydrogen (secondary N) is 1. The Hall–Kier alpha value is -3.33. The van der Waals surface area contributed by atoms with Crippen LogP contribution in [0.25, 0.3) is 5.65 Å². The van der Waals surface area contributed by atoms with Crippen LogP contribution in [0.3, 0.4) is 0 Å². The minimum atomic E-state index is 0.573. The summed E-state index contributed by atoms with van der Waals surface area (Å²) in [5.74, 6) is 2.99. The molecular weight excluding hydrogens is 496 g/mol. The average Bonchev–Trinajstić information content (AvgIpc) is 3.25. The molecule has 0 bridgehead atoms. The molecule has 2 aromatic carbocycles. The predicted molar refractivity (Wildman–Crippen MR) is 138 cm³/mol. The van der Waals surface area contributed by atoms with E-state index in [0.717, 1.165) is 52.4 Å². The van der Waals surface area contributed by atoms with Gasteiger partial charge in [-0.15, -0.1) is 5.10 Å². The van der Waals surface area contributed by atoms with E-state index in [-0.39, 0.29) is 0 Å². The Labute approximate surface area is 208 Å². The highest BCUT2D eigenvalue weighted by atomic mass is 79.9. The molecule has 9 heteroatoms. The van der Waals surface area contributed by atoms with Crippen molar-refractivity contribution in [3.63, 3.8) is 0 Å². The molecule has 0 aliphatic heterocycles. The van der Waals surface area contributed by atoms with Gasteiger partial charge in [0, 0.05) is 19.6 Å². The number of methoxy groups -OCH3 is 2. The maximum absolute atomic E-state index is 5.33. The molecule has 0 radical (unpaired) electrons. The van der Waals surface area contributed by atoms with Gasteiger partial charge in [0.1, 0.15) is 16.1 Å². The molecule has 2 heterocycles. The van der Waals surface area contributed by atoms with Crippen LogP contribution in [-0.4, -0.2) is 40.3 Å². The molecule has 178 valence electrons. The first kappa shape index (κ1) is 23.8. The lowest BCUT2D eigenvalue weighted by atomic mass is 10.1. The Balaban J connectivity index is 1.73. The zero-order valence-corrected chi connectivity index (χ0v) is 21.2. The molecule has 0 atom stereocenters. The van der Waals surface area contributed by atoms with Gasteiger partial charge in [-0.1, -0.05) is 37.6 Å². The van der Waals surface area contributed by atoms with Crippen LogP contribution in [-0.2, 0) is 13.1 Å². The topological polar surface area (TPSA) is 76.8 Å². The monoisotopic (exact) mass is 524 g/mol. The van der Waals surface area contributed by atoms with Gasteiger partial charge < -0.3 is 19.7 Å². The number of halogens is 1. The van der Waals surface area contributed by atoms with E-state index in [9.17, 15) is 0 Å². The molecule has 1 N–H and O–H groups in total. The maximum atomic E-state index is 5.33. The van der Waals surface area contributed by atoms with Crippen molar-refractivity contribution >= 4 is 33.3 Å². The van der Waals surface area contributed by atoms with Crippen molar-refractivity contribution in [1.29, 1.82) is 0 Å². The third kappa shape index (κ3) is 5.59. The van der Waals surface area contributed by atoms with Gasteiger partial charge >= 0.3 is 0 Å². The molecule has 2 aromatic heterocycles. The van der Waals surface area contributed by atoms with Gasteiger partial charge in [0.15, 0.2) is 11.5 Å². The number of hydrogen-bond donors (Lipinski definition) is 1. The fraction of sp³-hybridized carbons (Fsp3) is 0.320. The first-order valence-electron chi connectivity index (χ1n) is 11.3. The van der Waals surface area contributed by atoms with E-state index >= 15 is 0 Å². The van der Waals surface area contributed by atoms with E-state index in [1.54, 1.807) is 24.9 Å². The van der Waals surface area contributed by atoms with Crippen molar-refractivity contribution in [2.24, 2.45) is 0 Å². The Bertz CT molecular complexity index is 1160. The van der Waals surface area contributed by atoms with Crippen molar-refractivity contribution in [2.45, 2.75) is 32.9 Å². The summed E-state index contributed by atoms with van der Waals surface area (Å²) in [6.45, 7) is 4.25. The average molecular weight is 525 g/mol. The van der Waals surface area contributed by atoms with Gasteiger partial charge in [-0.3, -0.25) is 0 Å². The molecule has 34 heavy (non-hydrogen) atoms. The lowest BCUT2D eigenvalue weighted by molar-refractivity contribution is 0.414. The SMILES string of the molecule is CCCCNc1nc(N(Cc2ccc(OC)cc2)Cc2ccc(OC)cc2)c2ncc(Br)n2n1. The molecule has 0 spiro atoms. The molecule has 0 saturated heterocycles. The van der Waals surface area contributed by atoms with Gasteiger partial charge in [0.2, 0.25) is 5.95 Å². The zero-order valence-electron chi connectivity index (χ0n) is 19.7. The number of rotatable bonds is 11. The first-order valence-corrected chi connectivity index (χ1v) is 12.1. The summed E-state index contributed by atoms with van der Waals surface area (Å²) in [5, 5.41) is 7.99. The first-order chi connectivity index (χ1) is 16.6. The van der Waals surface area contributed by atoms with Gasteiger partial charge in [0.05, 0.1) is 20.4 Å². The number of benzene rings is 2. The number of imidazole rings is 1. The molecule has 0 saturated carbocycles. The van der Waals surface area contributed by atoms with E-state index < -0.39 is 0 Å². The second kappa shape index (κ2) is 11.2. The van der Waals surface area contributed by atoms with Crippen molar-refractivity contribution in [1.82, 2.24) is 19.6 Å². The number of nitrogens with zero attached hydrogens (tertiary/aromatic N) is 5. The number of unbranched alkanes of at least 4 members (excludes halogenated alkanes) is 1. The van der Waals surface area contributed by atoms with Gasteiger partial charge in [0.25, 0.3) is 0 Å². The van der Waals surface area contributed by atoms with Gasteiger partial charge in [-0.05, 0) is 57.7 Å². The smallest absolute Gasteiger partial charge is 0.243 e. The van der Waals surface area contributed by atoms with Crippen LogP contribution in [0.1, 0.15) is 30.9 Å². The van der Waals surface area contributed by atoms with Crippen LogP contribution in [0.4, 0.5) is 11.8 Å². The van der Waals surface area contributed by atoms with E-state index in [0.29, 0.717) is 24.7 Å². The summed E-state index contributed by atoms with van der Waals surface area (Å²) in [5.41, 5.74) is 2.96. The van der Waals surface area contributed by atoms with Crippen LogP contribution in [0, 0.1) is 0 Å². The molecule has 0 aliphatic rings. The van der Waals surface area contributed by atoms with Crippen LogP contribution < -0.4 is 19.7 Å². The molecule has 8 nitrogen and oxygen atoms in total. The Morgan fingerprint density at radius 1 is 0.941 bits per heavy atom. The van der Waals surface area contributed by atoms with E-state index in [1.807, 2.05) is 24.3 Å². The second-order valence-electron chi connectivity index (χ2n) is 7.91. The van der Waals surface area contributed by atoms with Crippen molar-refractivity contribution in [3.8, 4) is 11.5 Å². The minimum absolute atomic E-state index is 0.573. The number of aromatic nitrogens is 4.